The number of hydrogen-bond acceptors (Lipinski definition) is 6. The number of phenols is 2. The molecule has 7 heteroatoms. The average Bonchev–Trinajstić information content (AvgIpc) is 2.92. The van der Waals surface area contributed by atoms with Crippen LogP contribution in [0.3, 0.4) is 0 Å². The molecule has 6 aromatic rings. The van der Waals surface area contributed by atoms with E-state index in [1.807, 2.05) is 55.6 Å². The Kier molecular flexibility index (Phi) is 5.70. The molecule has 1 aromatic heterocycles. The van der Waals surface area contributed by atoms with Crippen molar-refractivity contribution in [3.05, 3.63) is 100 Å². The van der Waals surface area contributed by atoms with E-state index in [9.17, 15) is 20.1 Å². The minimum Gasteiger partial charge on any atom is -0.508 e. The predicted molar refractivity (Wildman–Crippen MR) is 148 cm³/mol. The van der Waals surface area contributed by atoms with Crippen molar-refractivity contribution in [1.82, 2.24) is 4.98 Å². The van der Waals surface area contributed by atoms with Crippen LogP contribution in [0.1, 0.15) is 5.56 Å². The summed E-state index contributed by atoms with van der Waals surface area (Å²) in [6.07, 6.45) is 1.81. The Morgan fingerprint density at radius 1 is 0.868 bits per heavy atom. The summed E-state index contributed by atoms with van der Waals surface area (Å²) in [5.74, 6) is 0.820. The zero-order chi connectivity index (χ0) is 26.4. The fourth-order valence-electron chi connectivity index (χ4n) is 5.00. The largest absolute Gasteiger partial charge is 0.508 e. The van der Waals surface area contributed by atoms with E-state index in [1.165, 1.54) is 12.1 Å². The van der Waals surface area contributed by atoms with Crippen LogP contribution in [0, 0.1) is 6.92 Å². The summed E-state index contributed by atoms with van der Waals surface area (Å²) in [5, 5.41) is 34.4. The quantitative estimate of drug-likeness (QED) is 0.187. The highest BCUT2D eigenvalue weighted by atomic mass is 16.5. The van der Waals surface area contributed by atoms with Gasteiger partial charge in [-0.1, -0.05) is 42.0 Å². The zero-order valence-electron chi connectivity index (χ0n) is 20.5. The van der Waals surface area contributed by atoms with Gasteiger partial charge in [0.1, 0.15) is 23.0 Å². The minimum atomic E-state index is -0.177. The number of nitrogens with one attached hydrogen (secondary N) is 1. The molecule has 0 aliphatic heterocycles. The Labute approximate surface area is 216 Å². The van der Waals surface area contributed by atoms with Gasteiger partial charge in [-0.3, -0.25) is 9.79 Å². The molecule has 0 amide bonds. The molecular weight excluding hydrogens is 480 g/mol. The average molecular weight is 505 g/mol. The number of aliphatic hydroxyl groups excluding tert-OH is 1. The van der Waals surface area contributed by atoms with E-state index in [4.69, 9.17) is 4.74 Å². The first-order valence-corrected chi connectivity index (χ1v) is 12.2. The van der Waals surface area contributed by atoms with Crippen molar-refractivity contribution in [2.75, 3.05) is 13.2 Å². The van der Waals surface area contributed by atoms with Gasteiger partial charge in [0.2, 0.25) is 0 Å². The Morgan fingerprint density at radius 2 is 1.63 bits per heavy atom. The molecule has 0 atom stereocenters. The maximum atomic E-state index is 13.9. The fourth-order valence-corrected chi connectivity index (χ4v) is 5.00. The number of hydrogen-bond donors (Lipinski definition) is 4. The lowest BCUT2D eigenvalue weighted by Gasteiger charge is -2.18. The highest BCUT2D eigenvalue weighted by molar-refractivity contribution is 6.24. The smallest absolute Gasteiger partial charge is 0.196 e. The predicted octanol–water partition coefficient (Wildman–Crippen LogP) is 5.34. The molecule has 0 fully saturated rings. The SMILES string of the molecule is Cc1ccc(Oc2cc(=NCCO)c3c(=O)c4ccccc4c4c[nH]c(-c5ccc(O)cc5O)c2c34)cc1. The third-order valence-corrected chi connectivity index (χ3v) is 6.72. The van der Waals surface area contributed by atoms with Gasteiger partial charge in [0, 0.05) is 40.1 Å². The van der Waals surface area contributed by atoms with Crippen LogP contribution in [0.15, 0.2) is 88.8 Å². The Morgan fingerprint density at radius 3 is 2.37 bits per heavy atom. The molecule has 4 N–H and O–H groups in total. The van der Waals surface area contributed by atoms with E-state index in [2.05, 4.69) is 9.98 Å². The van der Waals surface area contributed by atoms with Crippen molar-refractivity contribution in [2.45, 2.75) is 6.92 Å². The molecule has 1 heterocycles. The Balaban J connectivity index is 1.82. The van der Waals surface area contributed by atoms with E-state index < -0.39 is 0 Å². The summed E-state index contributed by atoms with van der Waals surface area (Å²) in [5.41, 5.74) is 1.85. The molecule has 7 nitrogen and oxygen atoms in total. The summed E-state index contributed by atoms with van der Waals surface area (Å²) in [4.78, 5) is 21.8. The molecule has 0 unspecified atom stereocenters. The lowest BCUT2D eigenvalue weighted by Crippen LogP contribution is -2.17. The number of ether oxygens (including phenoxy) is 1. The number of nitrogens with zero attached hydrogens (tertiary/aromatic N) is 1. The molecule has 0 aliphatic rings. The Hall–Kier alpha value is -4.88. The first-order chi connectivity index (χ1) is 18.5. The second kappa shape index (κ2) is 9.21. The second-order valence-electron chi connectivity index (χ2n) is 9.19. The third-order valence-electron chi connectivity index (χ3n) is 6.72. The van der Waals surface area contributed by atoms with Crippen molar-refractivity contribution < 1.29 is 20.1 Å². The molecule has 0 bridgehead atoms. The van der Waals surface area contributed by atoms with Gasteiger partial charge in [-0.05, 0) is 36.6 Å². The van der Waals surface area contributed by atoms with E-state index in [0.29, 0.717) is 49.7 Å². The standard InChI is InChI=1S/C31H24N2O5/c1-17-6-9-19(10-7-17)38-26-15-24(32-12-13-34)28-27-23(20-4-2-3-5-21(20)31(28)37)16-33-30(29(26)27)22-11-8-18(35)14-25(22)36/h2-11,14-16,33-36H,12-13H2,1H3. The van der Waals surface area contributed by atoms with E-state index in [-0.39, 0.29) is 30.1 Å². The van der Waals surface area contributed by atoms with Crippen molar-refractivity contribution in [3.8, 4) is 34.3 Å². The van der Waals surface area contributed by atoms with Crippen LogP contribution in [0.2, 0.25) is 0 Å². The van der Waals surface area contributed by atoms with Crippen LogP contribution in [-0.2, 0) is 0 Å². The minimum absolute atomic E-state index is 0.0701. The fraction of sp³-hybridized carbons (Fsp3) is 0.0968. The zero-order valence-corrected chi connectivity index (χ0v) is 20.5. The molecule has 0 aliphatic carbocycles. The second-order valence-corrected chi connectivity index (χ2v) is 9.19. The summed E-state index contributed by atoms with van der Waals surface area (Å²) in [6, 6.07) is 21.1. The highest BCUT2D eigenvalue weighted by Crippen LogP contribution is 2.43. The molecule has 0 saturated heterocycles. The normalized spacial score (nSPS) is 12.1. The van der Waals surface area contributed by atoms with Gasteiger partial charge in [0.05, 0.1) is 35.0 Å². The van der Waals surface area contributed by atoms with Crippen molar-refractivity contribution >= 4 is 32.3 Å². The number of phenolic OH excluding ortho intramolecular Hbond substituents is 2. The van der Waals surface area contributed by atoms with Gasteiger partial charge in [0.15, 0.2) is 5.43 Å². The lowest BCUT2D eigenvalue weighted by atomic mass is 9.92. The first-order valence-electron chi connectivity index (χ1n) is 12.2. The van der Waals surface area contributed by atoms with Crippen LogP contribution >= 0.6 is 0 Å². The summed E-state index contributed by atoms with van der Waals surface area (Å²) < 4.78 is 6.41. The van der Waals surface area contributed by atoms with E-state index >= 15 is 0 Å². The van der Waals surface area contributed by atoms with Gasteiger partial charge in [-0.15, -0.1) is 0 Å². The Bertz CT molecular complexity index is 1960. The van der Waals surface area contributed by atoms with Crippen molar-refractivity contribution in [2.24, 2.45) is 4.99 Å². The lowest BCUT2D eigenvalue weighted by molar-refractivity contribution is 0.306. The molecule has 6 rings (SSSR count). The number of fused-ring (bicyclic) bond motifs is 2. The summed E-state index contributed by atoms with van der Waals surface area (Å²) >= 11 is 0. The van der Waals surface area contributed by atoms with Crippen LogP contribution in [0.5, 0.6) is 23.0 Å². The molecule has 38 heavy (non-hydrogen) atoms. The number of benzene rings is 5. The molecule has 0 saturated carbocycles. The van der Waals surface area contributed by atoms with Crippen LogP contribution in [0.25, 0.3) is 43.6 Å². The van der Waals surface area contributed by atoms with E-state index in [0.717, 1.165) is 16.3 Å². The monoisotopic (exact) mass is 504 g/mol. The van der Waals surface area contributed by atoms with Crippen LogP contribution < -0.4 is 15.5 Å². The number of pyridine rings is 1. The third kappa shape index (κ3) is 3.81. The summed E-state index contributed by atoms with van der Waals surface area (Å²) in [7, 11) is 0. The van der Waals surface area contributed by atoms with Crippen molar-refractivity contribution in [3.63, 3.8) is 0 Å². The molecule has 5 aromatic carbocycles. The van der Waals surface area contributed by atoms with Gasteiger partial charge in [-0.2, -0.15) is 0 Å². The van der Waals surface area contributed by atoms with Gasteiger partial charge in [0.25, 0.3) is 0 Å². The molecule has 188 valence electrons. The molecule has 0 radical (unpaired) electrons. The number of aromatic nitrogens is 1. The maximum absolute atomic E-state index is 13.9. The number of aliphatic hydroxyl groups is 1. The van der Waals surface area contributed by atoms with E-state index in [1.54, 1.807) is 18.2 Å². The molecular formula is C31H24N2O5. The number of rotatable bonds is 5. The van der Waals surface area contributed by atoms with Crippen LogP contribution in [-0.4, -0.2) is 33.5 Å². The van der Waals surface area contributed by atoms with Crippen molar-refractivity contribution in [1.29, 1.82) is 0 Å². The first kappa shape index (κ1) is 23.5. The van der Waals surface area contributed by atoms with Gasteiger partial charge in [-0.25, -0.2) is 0 Å². The molecule has 0 spiro atoms. The number of H-pyrrole nitrogens is 1. The van der Waals surface area contributed by atoms with Gasteiger partial charge >= 0.3 is 0 Å². The summed E-state index contributed by atoms with van der Waals surface area (Å²) in [6.45, 7) is 1.94. The maximum Gasteiger partial charge on any atom is 0.196 e. The topological polar surface area (TPSA) is 115 Å². The number of aromatic amines is 1. The highest BCUT2D eigenvalue weighted by Gasteiger charge is 2.22. The van der Waals surface area contributed by atoms with Crippen LogP contribution in [0.4, 0.5) is 0 Å². The van der Waals surface area contributed by atoms with Gasteiger partial charge < -0.3 is 25.0 Å². The number of aryl methyl sites for hydroxylation is 1. The number of aromatic hydroxyl groups is 2.